The summed E-state index contributed by atoms with van der Waals surface area (Å²) in [6.45, 7) is -1.55. The molecular weight excluding hydrogens is 336 g/mol. The van der Waals surface area contributed by atoms with Gasteiger partial charge in [0.15, 0.2) is 11.6 Å². The van der Waals surface area contributed by atoms with Crippen molar-refractivity contribution in [3.8, 4) is 0 Å². The van der Waals surface area contributed by atoms with Crippen LogP contribution in [0.25, 0.3) is 0 Å². The van der Waals surface area contributed by atoms with Crippen LogP contribution in [0.4, 0.5) is 17.6 Å². The van der Waals surface area contributed by atoms with E-state index >= 15 is 0 Å². The van der Waals surface area contributed by atoms with Crippen LogP contribution in [0, 0.1) is 0 Å². The van der Waals surface area contributed by atoms with Gasteiger partial charge in [-0.2, -0.15) is 18.3 Å². The number of carboxylic acids is 1. The number of rotatable bonds is 6. The van der Waals surface area contributed by atoms with Crippen LogP contribution in [0.2, 0.25) is 0 Å². The minimum atomic E-state index is -4.70. The summed E-state index contributed by atoms with van der Waals surface area (Å²) in [4.78, 5) is 18.2. The van der Waals surface area contributed by atoms with Gasteiger partial charge in [-0.3, -0.25) is 4.68 Å². The number of hydrogen-bond donors (Lipinski definition) is 1. The summed E-state index contributed by atoms with van der Waals surface area (Å²) in [5, 5.41) is 12.9. The van der Waals surface area contributed by atoms with Gasteiger partial charge < -0.3 is 9.84 Å². The van der Waals surface area contributed by atoms with Crippen LogP contribution in [0.5, 0.6) is 0 Å². The third kappa shape index (κ3) is 4.04. The molecular formula is C13H12F4N4O3. The van der Waals surface area contributed by atoms with E-state index in [1.807, 2.05) is 0 Å². The SMILES string of the molecule is Cn1nc(COCc2nc(C(F)(F)F)ccc2C(=O)O)nc1CF. The topological polar surface area (TPSA) is 90.1 Å². The van der Waals surface area contributed by atoms with Crippen LogP contribution >= 0.6 is 0 Å². The lowest BCUT2D eigenvalue weighted by atomic mass is 10.1. The van der Waals surface area contributed by atoms with Gasteiger partial charge >= 0.3 is 12.1 Å². The number of ether oxygens (including phenoxy) is 1. The molecule has 0 spiro atoms. The molecule has 0 unspecified atom stereocenters. The maximum absolute atomic E-state index is 12.7. The monoisotopic (exact) mass is 348 g/mol. The average molecular weight is 348 g/mol. The van der Waals surface area contributed by atoms with E-state index in [9.17, 15) is 22.4 Å². The Hall–Kier alpha value is -2.56. The molecule has 0 amide bonds. The molecule has 1 N–H and O–H groups in total. The van der Waals surface area contributed by atoms with Crippen LogP contribution < -0.4 is 0 Å². The van der Waals surface area contributed by atoms with Crippen LogP contribution in [-0.2, 0) is 37.8 Å². The minimum absolute atomic E-state index is 0.0667. The van der Waals surface area contributed by atoms with Crippen LogP contribution in [0.3, 0.4) is 0 Å². The van der Waals surface area contributed by atoms with E-state index in [2.05, 4.69) is 15.1 Å². The van der Waals surface area contributed by atoms with Crippen LogP contribution in [0.15, 0.2) is 12.1 Å². The fourth-order valence-corrected chi connectivity index (χ4v) is 1.86. The number of aryl methyl sites for hydroxylation is 1. The fraction of sp³-hybridized carbons (Fsp3) is 0.385. The number of pyridine rings is 1. The van der Waals surface area contributed by atoms with Crippen molar-refractivity contribution >= 4 is 5.97 Å². The molecule has 0 aliphatic heterocycles. The molecule has 0 aromatic carbocycles. The first kappa shape index (κ1) is 17.8. The van der Waals surface area contributed by atoms with Gasteiger partial charge in [0.2, 0.25) is 0 Å². The molecule has 0 aliphatic rings. The summed E-state index contributed by atoms with van der Waals surface area (Å²) in [6, 6.07) is 1.40. The molecule has 0 saturated carbocycles. The smallest absolute Gasteiger partial charge is 0.433 e. The van der Waals surface area contributed by atoms with Crippen molar-refractivity contribution in [2.75, 3.05) is 0 Å². The highest BCUT2D eigenvalue weighted by atomic mass is 19.4. The first-order valence-electron chi connectivity index (χ1n) is 6.55. The summed E-state index contributed by atoms with van der Waals surface area (Å²) in [7, 11) is 1.47. The molecule has 0 saturated heterocycles. The van der Waals surface area contributed by atoms with Gasteiger partial charge in [-0.1, -0.05) is 0 Å². The molecule has 0 bridgehead atoms. The van der Waals surface area contributed by atoms with Crippen molar-refractivity contribution in [2.24, 2.45) is 7.05 Å². The van der Waals surface area contributed by atoms with Gasteiger partial charge in [-0.15, -0.1) is 0 Å². The number of aromatic nitrogens is 4. The molecule has 2 aromatic heterocycles. The third-order valence-electron chi connectivity index (χ3n) is 2.98. The van der Waals surface area contributed by atoms with Crippen molar-refractivity contribution < 1.29 is 32.2 Å². The summed E-state index contributed by atoms with van der Waals surface area (Å²) in [5.41, 5.74) is -2.00. The standard InChI is InChI=1S/C13H12F4N4O3/c1-21-11(4-14)19-10(20-21)6-24-5-8-7(12(22)23)2-3-9(18-8)13(15,16)17/h2-3H,4-6H2,1H3,(H,22,23). The molecule has 0 radical (unpaired) electrons. The van der Waals surface area contributed by atoms with E-state index in [1.165, 1.54) is 11.7 Å². The first-order chi connectivity index (χ1) is 11.2. The zero-order valence-electron chi connectivity index (χ0n) is 12.3. The van der Waals surface area contributed by atoms with Gasteiger partial charge in [-0.25, -0.2) is 19.2 Å². The van der Waals surface area contributed by atoms with E-state index in [1.54, 1.807) is 0 Å². The zero-order chi connectivity index (χ0) is 17.9. The Labute approximate surface area is 132 Å². The molecule has 0 aliphatic carbocycles. The number of halogens is 4. The molecule has 2 aromatic rings. The molecule has 2 rings (SSSR count). The largest absolute Gasteiger partial charge is 0.478 e. The lowest BCUT2D eigenvalue weighted by Crippen LogP contribution is -2.14. The highest BCUT2D eigenvalue weighted by molar-refractivity contribution is 5.88. The normalized spacial score (nSPS) is 11.7. The summed E-state index contributed by atoms with van der Waals surface area (Å²) >= 11 is 0. The van der Waals surface area contributed by atoms with Crippen molar-refractivity contribution in [1.82, 2.24) is 19.7 Å². The van der Waals surface area contributed by atoms with Crippen LogP contribution in [0.1, 0.15) is 33.4 Å². The van der Waals surface area contributed by atoms with Gasteiger partial charge in [0.1, 0.15) is 19.0 Å². The number of nitrogens with zero attached hydrogens (tertiary/aromatic N) is 4. The Bertz CT molecular complexity index is 745. The second-order valence-electron chi connectivity index (χ2n) is 4.69. The summed E-state index contributed by atoms with van der Waals surface area (Å²) in [6.07, 6.45) is -4.70. The Morgan fingerprint density at radius 1 is 1.29 bits per heavy atom. The lowest BCUT2D eigenvalue weighted by Gasteiger charge is -2.10. The van der Waals surface area contributed by atoms with E-state index in [4.69, 9.17) is 9.84 Å². The first-order valence-corrected chi connectivity index (χ1v) is 6.55. The zero-order valence-corrected chi connectivity index (χ0v) is 12.3. The maximum atomic E-state index is 12.7. The Kier molecular flexibility index (Phi) is 5.12. The van der Waals surface area contributed by atoms with E-state index in [0.29, 0.717) is 6.07 Å². The van der Waals surface area contributed by atoms with Crippen molar-refractivity contribution in [2.45, 2.75) is 26.1 Å². The van der Waals surface area contributed by atoms with Crippen molar-refractivity contribution in [1.29, 1.82) is 0 Å². The van der Waals surface area contributed by atoms with E-state index < -0.39 is 36.7 Å². The van der Waals surface area contributed by atoms with Crippen LogP contribution in [-0.4, -0.2) is 30.8 Å². The Morgan fingerprint density at radius 2 is 2.00 bits per heavy atom. The second-order valence-corrected chi connectivity index (χ2v) is 4.69. The molecule has 130 valence electrons. The second kappa shape index (κ2) is 6.91. The van der Waals surface area contributed by atoms with Gasteiger partial charge in [0, 0.05) is 7.05 Å². The van der Waals surface area contributed by atoms with E-state index in [-0.39, 0.29) is 23.9 Å². The molecule has 2 heterocycles. The predicted octanol–water partition coefficient (Wildman–Crippen LogP) is 2.11. The average Bonchev–Trinajstić information content (AvgIpc) is 2.86. The Morgan fingerprint density at radius 3 is 2.54 bits per heavy atom. The Balaban J connectivity index is 2.13. The third-order valence-corrected chi connectivity index (χ3v) is 2.98. The number of carboxylic acid groups (broad SMARTS) is 1. The molecule has 11 heteroatoms. The molecule has 7 nitrogen and oxygen atoms in total. The maximum Gasteiger partial charge on any atom is 0.433 e. The van der Waals surface area contributed by atoms with Crippen molar-refractivity contribution in [3.63, 3.8) is 0 Å². The highest BCUT2D eigenvalue weighted by Crippen LogP contribution is 2.28. The summed E-state index contributed by atoms with van der Waals surface area (Å²) in [5.74, 6) is -1.24. The van der Waals surface area contributed by atoms with E-state index in [0.717, 1.165) is 6.07 Å². The fourth-order valence-electron chi connectivity index (χ4n) is 1.86. The minimum Gasteiger partial charge on any atom is -0.478 e. The lowest BCUT2D eigenvalue weighted by molar-refractivity contribution is -0.141. The van der Waals surface area contributed by atoms with Gasteiger partial charge in [0.25, 0.3) is 0 Å². The van der Waals surface area contributed by atoms with Gasteiger partial charge in [-0.05, 0) is 12.1 Å². The van der Waals surface area contributed by atoms with Crippen molar-refractivity contribution in [3.05, 3.63) is 40.7 Å². The summed E-state index contributed by atoms with van der Waals surface area (Å²) < 4.78 is 56.9. The predicted molar refractivity (Wildman–Crippen MR) is 70.5 cm³/mol. The number of hydrogen-bond acceptors (Lipinski definition) is 5. The van der Waals surface area contributed by atoms with Gasteiger partial charge in [0.05, 0.1) is 17.9 Å². The highest BCUT2D eigenvalue weighted by Gasteiger charge is 2.33. The molecule has 24 heavy (non-hydrogen) atoms. The number of aromatic carboxylic acids is 1. The number of carbonyl (C=O) groups is 1. The quantitative estimate of drug-likeness (QED) is 0.804. The molecule has 0 fully saturated rings. The number of alkyl halides is 4. The molecule has 0 atom stereocenters.